The third-order valence-corrected chi connectivity index (χ3v) is 5.87. The van der Waals surface area contributed by atoms with E-state index in [1.807, 2.05) is 19.2 Å². The highest BCUT2D eigenvalue weighted by atomic mass is 35.5. The van der Waals surface area contributed by atoms with Crippen LogP contribution in [0.1, 0.15) is 5.56 Å². The molecule has 0 spiro atoms. The van der Waals surface area contributed by atoms with Gasteiger partial charge in [-0.25, -0.2) is 15.0 Å². The summed E-state index contributed by atoms with van der Waals surface area (Å²) in [5, 5.41) is 7.54. The van der Waals surface area contributed by atoms with E-state index in [2.05, 4.69) is 55.4 Å². The van der Waals surface area contributed by atoms with Gasteiger partial charge in [0.05, 0.1) is 17.0 Å². The minimum absolute atomic E-state index is 0.511. The van der Waals surface area contributed by atoms with E-state index in [0.717, 1.165) is 38.5 Å². The Labute approximate surface area is 195 Å². The molecule has 0 saturated carbocycles. The van der Waals surface area contributed by atoms with Gasteiger partial charge in [0.2, 0.25) is 11.8 Å². The average Bonchev–Trinajstić information content (AvgIpc) is 2.82. The van der Waals surface area contributed by atoms with E-state index in [1.54, 1.807) is 26.6 Å². The molecule has 0 aliphatic heterocycles. The summed E-state index contributed by atoms with van der Waals surface area (Å²) in [5.41, 5.74) is 4.67. The smallest absolute Gasteiger partial charge is 0.228 e. The lowest BCUT2D eigenvalue weighted by Gasteiger charge is -2.15. The Morgan fingerprint density at radius 2 is 1.81 bits per heavy atom. The molecule has 3 N–H and O–H groups in total. The highest BCUT2D eigenvalue weighted by molar-refractivity contribution is 8.00. The molecule has 3 aromatic heterocycles. The number of ether oxygens (including phenoxy) is 1. The van der Waals surface area contributed by atoms with Gasteiger partial charge in [-0.05, 0) is 54.3 Å². The monoisotopic (exact) mass is 467 g/mol. The van der Waals surface area contributed by atoms with Gasteiger partial charge in [-0.2, -0.15) is 4.98 Å². The zero-order valence-corrected chi connectivity index (χ0v) is 19.6. The van der Waals surface area contributed by atoms with Gasteiger partial charge in [0.25, 0.3) is 0 Å². The van der Waals surface area contributed by atoms with E-state index in [9.17, 15) is 0 Å². The molecule has 8 nitrogen and oxygen atoms in total. The number of nitrogens with one attached hydrogen (secondary N) is 3. The first kappa shape index (κ1) is 21.9. The molecule has 4 aromatic rings. The number of rotatable bonds is 7. The Morgan fingerprint density at radius 3 is 2.56 bits per heavy atom. The van der Waals surface area contributed by atoms with Crippen LogP contribution in [-0.2, 0) is 0 Å². The molecule has 0 aliphatic rings. The van der Waals surface area contributed by atoms with Crippen molar-refractivity contribution >= 4 is 52.0 Å². The van der Waals surface area contributed by atoms with E-state index in [-0.39, 0.29) is 0 Å². The zero-order chi connectivity index (χ0) is 22.7. The second-order valence-electron chi connectivity index (χ2n) is 6.89. The maximum atomic E-state index is 6.09. The lowest BCUT2D eigenvalue weighted by molar-refractivity contribution is 0.387. The van der Waals surface area contributed by atoms with Crippen molar-refractivity contribution in [2.45, 2.75) is 11.8 Å². The predicted octanol–water partition coefficient (Wildman–Crippen LogP) is 5.26. The maximum Gasteiger partial charge on any atom is 0.228 e. The quantitative estimate of drug-likeness (QED) is 0.314. The van der Waals surface area contributed by atoms with Gasteiger partial charge in [0.15, 0.2) is 5.65 Å². The molecule has 0 bridgehead atoms. The molecular formula is C22H22ClN7OS. The topological polar surface area (TPSA) is 96.9 Å². The van der Waals surface area contributed by atoms with Crippen LogP contribution < -0.4 is 20.1 Å². The number of halogens is 1. The van der Waals surface area contributed by atoms with Gasteiger partial charge in [-0.1, -0.05) is 17.7 Å². The molecule has 10 heteroatoms. The van der Waals surface area contributed by atoms with Crippen LogP contribution in [0.2, 0.25) is 5.02 Å². The van der Waals surface area contributed by atoms with Crippen molar-refractivity contribution in [3.8, 4) is 17.0 Å². The van der Waals surface area contributed by atoms with E-state index in [4.69, 9.17) is 21.3 Å². The number of anilines is 3. The molecule has 0 amide bonds. The van der Waals surface area contributed by atoms with Gasteiger partial charge >= 0.3 is 0 Å². The van der Waals surface area contributed by atoms with Crippen LogP contribution >= 0.6 is 23.5 Å². The van der Waals surface area contributed by atoms with Crippen molar-refractivity contribution in [1.29, 1.82) is 0 Å². The number of benzene rings is 1. The molecule has 0 radical (unpaired) electrons. The molecule has 32 heavy (non-hydrogen) atoms. The number of hydrogen-bond donors (Lipinski definition) is 3. The van der Waals surface area contributed by atoms with Crippen LogP contribution in [0, 0.1) is 6.92 Å². The van der Waals surface area contributed by atoms with Crippen molar-refractivity contribution in [1.82, 2.24) is 19.9 Å². The summed E-state index contributed by atoms with van der Waals surface area (Å²) >= 11 is 7.48. The zero-order valence-electron chi connectivity index (χ0n) is 18.0. The molecule has 0 aliphatic carbocycles. The van der Waals surface area contributed by atoms with Crippen molar-refractivity contribution in [3.05, 3.63) is 53.3 Å². The van der Waals surface area contributed by atoms with E-state index in [1.165, 1.54) is 11.9 Å². The number of methoxy groups -OCH3 is 1. The van der Waals surface area contributed by atoms with E-state index in [0.29, 0.717) is 22.5 Å². The molecule has 0 atom stereocenters. The molecule has 164 valence electrons. The lowest BCUT2D eigenvalue weighted by atomic mass is 9.99. The fraction of sp³-hybridized carbons (Fsp3) is 0.182. The van der Waals surface area contributed by atoms with E-state index >= 15 is 0 Å². The van der Waals surface area contributed by atoms with Crippen molar-refractivity contribution in [3.63, 3.8) is 0 Å². The number of hydrogen-bond acceptors (Lipinski definition) is 9. The Bertz CT molecular complexity index is 1280. The summed E-state index contributed by atoms with van der Waals surface area (Å²) in [6, 6.07) is 10.0. The maximum absolute atomic E-state index is 6.09. The average molecular weight is 468 g/mol. The minimum Gasteiger partial charge on any atom is -0.480 e. The largest absolute Gasteiger partial charge is 0.480 e. The SMILES string of the molecule is CNc1ncc2cc(-c3cc(NSc4cc(Cl)cnc4OC)ccc3C)c(NC)nc2n1. The fourth-order valence-corrected chi connectivity index (χ4v) is 4.19. The number of fused-ring (bicyclic) bond motifs is 1. The predicted molar refractivity (Wildman–Crippen MR) is 132 cm³/mol. The summed E-state index contributed by atoms with van der Waals surface area (Å²) < 4.78 is 8.68. The molecule has 0 saturated heterocycles. The Kier molecular flexibility index (Phi) is 6.48. The second-order valence-corrected chi connectivity index (χ2v) is 8.17. The van der Waals surface area contributed by atoms with Crippen LogP contribution in [0.3, 0.4) is 0 Å². The van der Waals surface area contributed by atoms with Crippen LogP contribution in [-0.4, -0.2) is 41.1 Å². The molecular weight excluding hydrogens is 446 g/mol. The number of aromatic nitrogens is 4. The minimum atomic E-state index is 0.511. The third kappa shape index (κ3) is 4.49. The van der Waals surface area contributed by atoms with Gasteiger partial charge < -0.3 is 20.1 Å². The molecule has 1 aromatic carbocycles. The van der Waals surface area contributed by atoms with Crippen LogP contribution in [0.4, 0.5) is 17.5 Å². The number of aryl methyl sites for hydroxylation is 1. The van der Waals surface area contributed by atoms with Crippen molar-refractivity contribution < 1.29 is 4.74 Å². The lowest BCUT2D eigenvalue weighted by Crippen LogP contribution is -2.01. The van der Waals surface area contributed by atoms with Gasteiger partial charge in [-0.3, -0.25) is 0 Å². The van der Waals surface area contributed by atoms with Crippen LogP contribution in [0.25, 0.3) is 22.2 Å². The van der Waals surface area contributed by atoms with Crippen molar-refractivity contribution in [2.75, 3.05) is 36.6 Å². The Balaban J connectivity index is 1.70. The third-order valence-electron chi connectivity index (χ3n) is 4.81. The van der Waals surface area contributed by atoms with Gasteiger partial charge in [-0.15, -0.1) is 0 Å². The first-order valence-electron chi connectivity index (χ1n) is 9.79. The first-order chi connectivity index (χ1) is 15.5. The number of pyridine rings is 2. The Morgan fingerprint density at radius 1 is 0.969 bits per heavy atom. The summed E-state index contributed by atoms with van der Waals surface area (Å²) in [4.78, 5) is 18.5. The van der Waals surface area contributed by atoms with Crippen molar-refractivity contribution in [2.24, 2.45) is 0 Å². The van der Waals surface area contributed by atoms with Gasteiger partial charge in [0, 0.05) is 43.1 Å². The normalized spacial score (nSPS) is 10.8. The summed E-state index contributed by atoms with van der Waals surface area (Å²) in [6.07, 6.45) is 3.33. The molecule has 0 unspecified atom stereocenters. The molecule has 0 fully saturated rings. The standard InChI is InChI=1S/C22H22ClN7OS/c1-12-5-6-15(30-32-18-8-14(23)11-26-21(18)31-4)9-16(12)17-7-13-10-27-22(25-3)29-19(13)28-20(17)24-2/h5-11,30H,1-4H3,(H2,24,25,27,28,29). The highest BCUT2D eigenvalue weighted by Gasteiger charge is 2.14. The Hall–Kier alpha value is -3.30. The van der Waals surface area contributed by atoms with Gasteiger partial charge in [0.1, 0.15) is 5.82 Å². The van der Waals surface area contributed by atoms with Crippen LogP contribution in [0.15, 0.2) is 47.6 Å². The van der Waals surface area contributed by atoms with Crippen LogP contribution in [0.5, 0.6) is 5.88 Å². The summed E-state index contributed by atoms with van der Waals surface area (Å²) in [5.74, 6) is 1.79. The fourth-order valence-electron chi connectivity index (χ4n) is 3.20. The summed E-state index contributed by atoms with van der Waals surface area (Å²) in [6.45, 7) is 2.07. The molecule has 4 rings (SSSR count). The molecule has 3 heterocycles. The highest BCUT2D eigenvalue weighted by Crippen LogP contribution is 2.36. The van der Waals surface area contributed by atoms with E-state index < -0.39 is 0 Å². The second kappa shape index (κ2) is 9.46. The first-order valence-corrected chi connectivity index (χ1v) is 11.0. The summed E-state index contributed by atoms with van der Waals surface area (Å²) in [7, 11) is 5.21. The number of nitrogens with zero attached hydrogens (tertiary/aromatic N) is 4.